The number of halogens is 1. The first-order valence-electron chi connectivity index (χ1n) is 11.1. The van der Waals surface area contributed by atoms with E-state index < -0.39 is 14.9 Å². The zero-order valence-electron chi connectivity index (χ0n) is 19.7. The topological polar surface area (TPSA) is 101 Å². The minimum absolute atomic E-state index is 0.0813. The number of benzene rings is 3. The van der Waals surface area contributed by atoms with E-state index in [4.69, 9.17) is 11.6 Å². The highest BCUT2D eigenvalue weighted by molar-refractivity contribution is 8.00. The van der Waals surface area contributed by atoms with Gasteiger partial charge in [-0.15, -0.1) is 0 Å². The second-order valence-electron chi connectivity index (χ2n) is 8.46. The fraction of sp³-hybridized carbons (Fsp3) is 0.240. The summed E-state index contributed by atoms with van der Waals surface area (Å²) in [6.45, 7) is 4.44. The molecule has 0 spiro atoms. The molecule has 0 bridgehead atoms. The van der Waals surface area contributed by atoms with Gasteiger partial charge in [0.1, 0.15) is 4.90 Å². The van der Waals surface area contributed by atoms with Crippen LogP contribution in [0.4, 0.5) is 5.69 Å². The van der Waals surface area contributed by atoms with E-state index in [-0.39, 0.29) is 42.7 Å². The van der Waals surface area contributed by atoms with Crippen LogP contribution in [0.3, 0.4) is 0 Å². The third kappa shape index (κ3) is 5.57. The van der Waals surface area contributed by atoms with Crippen molar-refractivity contribution in [3.8, 4) is 0 Å². The Morgan fingerprint density at radius 1 is 0.944 bits per heavy atom. The van der Waals surface area contributed by atoms with Crippen LogP contribution in [0.2, 0.25) is 5.02 Å². The van der Waals surface area contributed by atoms with Crippen molar-refractivity contribution < 1.29 is 18.1 Å². The van der Waals surface area contributed by atoms with E-state index in [0.717, 1.165) is 22.1 Å². The van der Waals surface area contributed by atoms with Crippen LogP contribution in [0.5, 0.6) is 0 Å². The van der Waals surface area contributed by atoms with Gasteiger partial charge in [0.05, 0.1) is 4.92 Å². The Morgan fingerprint density at radius 2 is 1.61 bits per heavy atom. The lowest BCUT2D eigenvalue weighted by atomic mass is 10.2. The second-order valence-corrected chi connectivity index (χ2v) is 11.9. The fourth-order valence-electron chi connectivity index (χ4n) is 3.88. The van der Waals surface area contributed by atoms with Crippen LogP contribution in [0.1, 0.15) is 21.5 Å². The highest BCUT2D eigenvalue weighted by atomic mass is 35.5. The molecule has 0 saturated carbocycles. The van der Waals surface area contributed by atoms with Gasteiger partial charge in [0, 0.05) is 58.7 Å². The summed E-state index contributed by atoms with van der Waals surface area (Å²) in [5.74, 6) is -0.203. The molecule has 1 saturated heterocycles. The zero-order valence-corrected chi connectivity index (χ0v) is 22.1. The molecule has 4 rings (SSSR count). The lowest BCUT2D eigenvalue weighted by Gasteiger charge is -2.34. The summed E-state index contributed by atoms with van der Waals surface area (Å²) in [6, 6.07) is 16.3. The summed E-state index contributed by atoms with van der Waals surface area (Å²) >= 11 is 7.16. The molecule has 1 fully saturated rings. The quantitative estimate of drug-likeness (QED) is 0.313. The smallest absolute Gasteiger partial charge is 0.270 e. The number of sulfonamides is 1. The van der Waals surface area contributed by atoms with E-state index in [2.05, 4.69) is 0 Å². The molecule has 0 radical (unpaired) electrons. The predicted molar refractivity (Wildman–Crippen MR) is 139 cm³/mol. The van der Waals surface area contributed by atoms with Crippen LogP contribution in [-0.4, -0.2) is 54.6 Å². The number of nitrogens with zero attached hydrogens (tertiary/aromatic N) is 3. The first kappa shape index (κ1) is 26.2. The molecule has 3 aromatic rings. The van der Waals surface area contributed by atoms with Gasteiger partial charge < -0.3 is 4.90 Å². The molecular weight excluding hydrogens is 522 g/mol. The Kier molecular flexibility index (Phi) is 7.70. The van der Waals surface area contributed by atoms with Crippen molar-refractivity contribution in [1.29, 1.82) is 0 Å². The van der Waals surface area contributed by atoms with Gasteiger partial charge in [0.2, 0.25) is 10.0 Å². The summed E-state index contributed by atoms with van der Waals surface area (Å²) in [5, 5.41) is 12.0. The summed E-state index contributed by atoms with van der Waals surface area (Å²) in [5.41, 5.74) is 2.18. The number of non-ortho nitro benzene ring substituents is 1. The molecule has 0 N–H and O–H groups in total. The van der Waals surface area contributed by atoms with Gasteiger partial charge >= 0.3 is 0 Å². The van der Waals surface area contributed by atoms with E-state index in [0.29, 0.717) is 15.5 Å². The summed E-state index contributed by atoms with van der Waals surface area (Å²) < 4.78 is 28.6. The maximum absolute atomic E-state index is 13.7. The van der Waals surface area contributed by atoms with Crippen molar-refractivity contribution in [2.75, 3.05) is 26.2 Å². The molecule has 1 aliphatic rings. The Labute approximate surface area is 219 Å². The number of amides is 1. The number of carbonyl (C=O) groups is 1. The highest BCUT2D eigenvalue weighted by Crippen LogP contribution is 2.38. The van der Waals surface area contributed by atoms with Crippen molar-refractivity contribution in [3.05, 3.63) is 92.5 Å². The van der Waals surface area contributed by atoms with Crippen LogP contribution in [-0.2, 0) is 10.0 Å². The third-order valence-electron chi connectivity index (χ3n) is 5.94. The Morgan fingerprint density at radius 3 is 2.25 bits per heavy atom. The number of rotatable bonds is 6. The number of nitro benzene ring substituents is 1. The minimum atomic E-state index is -4.06. The Hall–Kier alpha value is -2.92. The maximum atomic E-state index is 13.7. The average molecular weight is 546 g/mol. The van der Waals surface area contributed by atoms with E-state index in [1.165, 1.54) is 28.2 Å². The van der Waals surface area contributed by atoms with Crippen LogP contribution >= 0.6 is 23.4 Å². The van der Waals surface area contributed by atoms with Gasteiger partial charge in [-0.1, -0.05) is 35.5 Å². The molecule has 1 aliphatic heterocycles. The molecule has 0 atom stereocenters. The minimum Gasteiger partial charge on any atom is -0.336 e. The lowest BCUT2D eigenvalue weighted by Crippen LogP contribution is -2.50. The average Bonchev–Trinajstić information content (AvgIpc) is 2.86. The van der Waals surface area contributed by atoms with Crippen molar-refractivity contribution in [3.63, 3.8) is 0 Å². The van der Waals surface area contributed by atoms with E-state index >= 15 is 0 Å². The number of aryl methyl sites for hydroxylation is 2. The molecule has 0 unspecified atom stereocenters. The van der Waals surface area contributed by atoms with Crippen LogP contribution < -0.4 is 0 Å². The highest BCUT2D eigenvalue weighted by Gasteiger charge is 2.33. The fourth-order valence-corrected chi connectivity index (χ4v) is 6.97. The third-order valence-corrected chi connectivity index (χ3v) is 9.49. The lowest BCUT2D eigenvalue weighted by molar-refractivity contribution is -0.385. The summed E-state index contributed by atoms with van der Waals surface area (Å²) in [6.07, 6.45) is 0. The molecular formula is C25H24ClN3O5S2. The first-order valence-corrected chi connectivity index (χ1v) is 13.8. The number of hydrogen-bond donors (Lipinski definition) is 0. The summed E-state index contributed by atoms with van der Waals surface area (Å²) in [7, 11) is -4.06. The van der Waals surface area contributed by atoms with E-state index in [1.54, 1.807) is 29.2 Å². The number of nitro groups is 1. The van der Waals surface area contributed by atoms with Gasteiger partial charge in [-0.05, 0) is 61.4 Å². The number of carbonyl (C=O) groups excluding carboxylic acids is 1. The Balaban J connectivity index is 1.60. The van der Waals surface area contributed by atoms with Crippen molar-refractivity contribution in [2.24, 2.45) is 0 Å². The zero-order chi connectivity index (χ0) is 26.0. The first-order chi connectivity index (χ1) is 17.1. The molecule has 3 aromatic carbocycles. The molecule has 0 aromatic heterocycles. The van der Waals surface area contributed by atoms with Crippen molar-refractivity contribution in [1.82, 2.24) is 9.21 Å². The largest absolute Gasteiger partial charge is 0.336 e. The molecule has 0 aliphatic carbocycles. The maximum Gasteiger partial charge on any atom is 0.270 e. The Bertz CT molecular complexity index is 1420. The van der Waals surface area contributed by atoms with Crippen molar-refractivity contribution in [2.45, 2.75) is 28.5 Å². The van der Waals surface area contributed by atoms with Gasteiger partial charge in [-0.25, -0.2) is 8.42 Å². The van der Waals surface area contributed by atoms with Crippen LogP contribution in [0.25, 0.3) is 0 Å². The molecule has 1 amide bonds. The SMILES string of the molecule is Cc1ccc(C)c(Sc2ccc([N+](=O)[O-])cc2S(=O)(=O)N2CCN(C(=O)c3ccc(Cl)cc3)CC2)c1. The number of hydrogen-bond acceptors (Lipinski definition) is 6. The van der Waals surface area contributed by atoms with Crippen LogP contribution in [0.15, 0.2) is 75.4 Å². The molecule has 36 heavy (non-hydrogen) atoms. The van der Waals surface area contributed by atoms with E-state index in [9.17, 15) is 23.3 Å². The predicted octanol–water partition coefficient (Wildman–Crippen LogP) is 5.16. The standard InChI is InChI=1S/C25H24ClN3O5S2/c1-17-3-4-18(2)23(15-17)35-22-10-9-21(29(31)32)16-24(22)36(33,34)28-13-11-27(12-14-28)25(30)19-5-7-20(26)8-6-19/h3-10,15-16H,11-14H2,1-2H3. The normalized spacial score (nSPS) is 14.6. The van der Waals surface area contributed by atoms with Gasteiger partial charge in [-0.2, -0.15) is 4.31 Å². The molecule has 8 nitrogen and oxygen atoms in total. The number of piperazine rings is 1. The van der Waals surface area contributed by atoms with E-state index in [1.807, 2.05) is 32.0 Å². The molecule has 188 valence electrons. The molecule has 11 heteroatoms. The second kappa shape index (κ2) is 10.6. The van der Waals surface area contributed by atoms with Crippen molar-refractivity contribution >= 4 is 45.0 Å². The summed E-state index contributed by atoms with van der Waals surface area (Å²) in [4.78, 5) is 26.4. The monoisotopic (exact) mass is 545 g/mol. The van der Waals surface area contributed by atoms with Gasteiger partial charge in [0.25, 0.3) is 11.6 Å². The molecule has 1 heterocycles. The van der Waals surface area contributed by atoms with Gasteiger partial charge in [-0.3, -0.25) is 14.9 Å². The van der Waals surface area contributed by atoms with Gasteiger partial charge in [0.15, 0.2) is 0 Å². The van der Waals surface area contributed by atoms with Crippen LogP contribution in [0, 0.1) is 24.0 Å².